The van der Waals surface area contributed by atoms with Gasteiger partial charge in [-0.25, -0.2) is 13.6 Å². The average molecular weight is 481 g/mol. The first-order valence-electron chi connectivity index (χ1n) is 11.3. The van der Waals surface area contributed by atoms with Crippen LogP contribution in [0.4, 0.5) is 30.6 Å². The van der Waals surface area contributed by atoms with Crippen molar-refractivity contribution >= 4 is 29.0 Å². The van der Waals surface area contributed by atoms with E-state index in [-0.39, 0.29) is 11.6 Å². The molecule has 0 aromatic heterocycles. The summed E-state index contributed by atoms with van der Waals surface area (Å²) in [5.41, 5.74) is 2.14. The summed E-state index contributed by atoms with van der Waals surface area (Å²) in [6.07, 6.45) is 2.04. The Hall–Kier alpha value is -4.14. The highest BCUT2D eigenvalue weighted by atomic mass is 19.1. The minimum atomic E-state index is -0.757. The third-order valence-corrected chi connectivity index (χ3v) is 5.74. The van der Waals surface area contributed by atoms with Gasteiger partial charge in [0.2, 0.25) is 0 Å². The van der Waals surface area contributed by atoms with Gasteiger partial charge < -0.3 is 25.6 Å². The van der Waals surface area contributed by atoms with Gasteiger partial charge in [-0.1, -0.05) is 12.1 Å². The van der Waals surface area contributed by atoms with E-state index in [9.17, 15) is 18.4 Å². The van der Waals surface area contributed by atoms with Crippen LogP contribution < -0.4 is 25.6 Å². The first kappa shape index (κ1) is 24.0. The molecule has 1 aliphatic heterocycles. The van der Waals surface area contributed by atoms with E-state index in [1.165, 1.54) is 0 Å². The van der Waals surface area contributed by atoms with E-state index >= 15 is 0 Å². The third kappa shape index (κ3) is 6.06. The second kappa shape index (κ2) is 10.9. The second-order valence-corrected chi connectivity index (χ2v) is 8.16. The minimum absolute atomic E-state index is 0.279. The summed E-state index contributed by atoms with van der Waals surface area (Å²) in [4.78, 5) is 27.5. The third-order valence-electron chi connectivity index (χ3n) is 5.74. The molecule has 35 heavy (non-hydrogen) atoms. The van der Waals surface area contributed by atoms with E-state index in [2.05, 4.69) is 20.9 Å². The number of urea groups is 1. The highest BCUT2D eigenvalue weighted by Crippen LogP contribution is 2.30. The van der Waals surface area contributed by atoms with Crippen LogP contribution in [0.5, 0.6) is 5.75 Å². The van der Waals surface area contributed by atoms with E-state index in [1.807, 2.05) is 24.3 Å². The van der Waals surface area contributed by atoms with Gasteiger partial charge in [-0.3, -0.25) is 4.79 Å². The fourth-order valence-electron chi connectivity index (χ4n) is 3.91. The van der Waals surface area contributed by atoms with Crippen molar-refractivity contribution in [3.05, 3.63) is 83.4 Å². The second-order valence-electron chi connectivity index (χ2n) is 8.16. The summed E-state index contributed by atoms with van der Waals surface area (Å²) in [6, 6.07) is 14.5. The molecule has 0 bridgehead atoms. The Balaban J connectivity index is 1.50. The van der Waals surface area contributed by atoms with Crippen LogP contribution in [0.2, 0.25) is 0 Å². The molecular formula is C26H26F2N4O3. The average Bonchev–Trinajstić information content (AvgIpc) is 3.40. The van der Waals surface area contributed by atoms with Gasteiger partial charge in [-0.2, -0.15) is 0 Å². The van der Waals surface area contributed by atoms with Gasteiger partial charge in [0.25, 0.3) is 5.91 Å². The lowest BCUT2D eigenvalue weighted by molar-refractivity contribution is 0.0951. The predicted octanol–water partition coefficient (Wildman–Crippen LogP) is 5.15. The van der Waals surface area contributed by atoms with E-state index in [0.29, 0.717) is 17.8 Å². The zero-order valence-electron chi connectivity index (χ0n) is 19.2. The molecule has 0 aliphatic carbocycles. The minimum Gasteiger partial charge on any atom is -0.497 e. The number of hydrogen-bond donors (Lipinski definition) is 3. The van der Waals surface area contributed by atoms with Crippen LogP contribution in [0.1, 0.15) is 28.8 Å². The zero-order valence-corrected chi connectivity index (χ0v) is 19.2. The Morgan fingerprint density at radius 1 is 0.914 bits per heavy atom. The molecule has 3 amide bonds. The summed E-state index contributed by atoms with van der Waals surface area (Å²) in [5, 5.41) is 7.88. The zero-order chi connectivity index (χ0) is 24.8. The molecule has 4 rings (SSSR count). The number of methoxy groups -OCH3 is 1. The molecule has 1 aliphatic rings. The fraction of sp³-hybridized carbons (Fsp3) is 0.231. The number of amides is 3. The van der Waals surface area contributed by atoms with Crippen LogP contribution in [-0.4, -0.2) is 32.1 Å². The van der Waals surface area contributed by atoms with Gasteiger partial charge >= 0.3 is 6.03 Å². The van der Waals surface area contributed by atoms with Gasteiger partial charge in [0.05, 0.1) is 24.2 Å². The Morgan fingerprint density at radius 3 is 2.34 bits per heavy atom. The normalized spacial score (nSPS) is 12.8. The number of hydrogen-bond acceptors (Lipinski definition) is 4. The number of benzene rings is 3. The monoisotopic (exact) mass is 480 g/mol. The number of halogens is 2. The van der Waals surface area contributed by atoms with Crippen LogP contribution in [0.3, 0.4) is 0 Å². The van der Waals surface area contributed by atoms with Crippen molar-refractivity contribution < 1.29 is 23.1 Å². The number of carbonyl (C=O) groups excluding carboxylic acids is 2. The molecule has 9 heteroatoms. The van der Waals surface area contributed by atoms with Gasteiger partial charge in [0, 0.05) is 31.3 Å². The maximum atomic E-state index is 14.0. The molecule has 3 aromatic rings. The van der Waals surface area contributed by atoms with Gasteiger partial charge in [0.1, 0.15) is 17.4 Å². The van der Waals surface area contributed by atoms with Gasteiger partial charge in [0.15, 0.2) is 0 Å². The summed E-state index contributed by atoms with van der Waals surface area (Å²) in [7, 11) is 1.59. The number of rotatable bonds is 7. The highest BCUT2D eigenvalue weighted by molar-refractivity contribution is 6.04. The van der Waals surface area contributed by atoms with Crippen LogP contribution in [0.25, 0.3) is 0 Å². The quantitative estimate of drug-likeness (QED) is 0.437. The van der Waals surface area contributed by atoms with Crippen molar-refractivity contribution in [1.82, 2.24) is 5.32 Å². The van der Waals surface area contributed by atoms with Crippen molar-refractivity contribution in [2.45, 2.75) is 19.4 Å². The summed E-state index contributed by atoms with van der Waals surface area (Å²) >= 11 is 0. The van der Waals surface area contributed by atoms with Crippen LogP contribution in [0.15, 0.2) is 60.7 Å². The Bertz CT molecular complexity index is 1210. The molecule has 0 atom stereocenters. The van der Waals surface area contributed by atoms with Crippen LogP contribution in [-0.2, 0) is 6.54 Å². The molecule has 3 aromatic carbocycles. The number of nitrogens with zero attached hydrogens (tertiary/aromatic N) is 1. The number of nitrogens with one attached hydrogen (secondary N) is 3. The number of carbonyl (C=O) groups is 2. The van der Waals surface area contributed by atoms with Gasteiger partial charge in [-0.15, -0.1) is 0 Å². The van der Waals surface area contributed by atoms with E-state index in [1.54, 1.807) is 25.3 Å². The lowest BCUT2D eigenvalue weighted by Gasteiger charge is -2.22. The maximum Gasteiger partial charge on any atom is 0.323 e. The fourth-order valence-corrected chi connectivity index (χ4v) is 3.91. The molecule has 0 unspecified atom stereocenters. The Kier molecular flexibility index (Phi) is 7.45. The van der Waals surface area contributed by atoms with Crippen molar-refractivity contribution in [3.8, 4) is 5.75 Å². The molecule has 1 heterocycles. The van der Waals surface area contributed by atoms with Crippen LogP contribution >= 0.6 is 0 Å². The van der Waals surface area contributed by atoms with Gasteiger partial charge in [-0.05, 0) is 60.9 Å². The van der Waals surface area contributed by atoms with Crippen molar-refractivity contribution in [2.24, 2.45) is 0 Å². The Labute approximate surface area is 202 Å². The van der Waals surface area contributed by atoms with Crippen molar-refractivity contribution in [1.29, 1.82) is 0 Å². The lowest BCUT2D eigenvalue weighted by Crippen LogP contribution is -2.26. The molecule has 1 fully saturated rings. The molecule has 0 spiro atoms. The standard InChI is InChI=1S/C26H26F2N4O3/c1-35-20-8-4-17(5-9-20)16-29-25(33)18-6-11-24(32-12-2-3-13-32)23(14-18)31-26(34)30-22-15-19(27)7-10-21(22)28/h4-11,14-15H,2-3,12-13,16H2,1H3,(H,29,33)(H2,30,31,34). The maximum absolute atomic E-state index is 14.0. The molecular weight excluding hydrogens is 454 g/mol. The topological polar surface area (TPSA) is 82.7 Å². The van der Waals surface area contributed by atoms with E-state index < -0.39 is 17.7 Å². The number of ether oxygens (including phenoxy) is 1. The largest absolute Gasteiger partial charge is 0.497 e. The number of anilines is 3. The first-order valence-corrected chi connectivity index (χ1v) is 11.3. The van der Waals surface area contributed by atoms with Crippen molar-refractivity contribution in [3.63, 3.8) is 0 Å². The molecule has 7 nitrogen and oxygen atoms in total. The molecule has 0 radical (unpaired) electrons. The molecule has 1 saturated heterocycles. The lowest BCUT2D eigenvalue weighted by atomic mass is 10.1. The predicted molar refractivity (Wildman–Crippen MR) is 131 cm³/mol. The summed E-state index contributed by atoms with van der Waals surface area (Å²) in [6.45, 7) is 1.95. The van der Waals surface area contributed by atoms with Crippen LogP contribution in [0, 0.1) is 11.6 Å². The van der Waals surface area contributed by atoms with E-state index in [4.69, 9.17) is 4.74 Å². The van der Waals surface area contributed by atoms with E-state index in [0.717, 1.165) is 61.1 Å². The Morgan fingerprint density at radius 2 is 1.63 bits per heavy atom. The molecule has 182 valence electrons. The van der Waals surface area contributed by atoms with Crippen molar-refractivity contribution in [2.75, 3.05) is 35.7 Å². The first-order chi connectivity index (χ1) is 16.9. The SMILES string of the molecule is COc1ccc(CNC(=O)c2ccc(N3CCCC3)c(NC(=O)Nc3cc(F)ccc3F)c2)cc1. The highest BCUT2D eigenvalue weighted by Gasteiger charge is 2.19. The summed E-state index contributed by atoms with van der Waals surface area (Å²) < 4.78 is 32.6. The molecule has 3 N–H and O–H groups in total. The molecule has 0 saturated carbocycles. The summed E-state index contributed by atoms with van der Waals surface area (Å²) in [5.74, 6) is -1.01. The smallest absolute Gasteiger partial charge is 0.323 e.